The molecule has 3 rings (SSSR count). The summed E-state index contributed by atoms with van der Waals surface area (Å²) in [6, 6.07) is 10.5. The van der Waals surface area contributed by atoms with Gasteiger partial charge in [0.2, 0.25) is 0 Å². The first-order valence-corrected chi connectivity index (χ1v) is 5.92. The number of rotatable bonds is 2. The number of cyclic esters (lactones) is 1. The summed E-state index contributed by atoms with van der Waals surface area (Å²) in [5.41, 5.74) is 1.05. The Morgan fingerprint density at radius 2 is 1.95 bits per heavy atom. The molecule has 0 saturated carbocycles. The fourth-order valence-electron chi connectivity index (χ4n) is 1.63. The van der Waals surface area contributed by atoms with Crippen LogP contribution in [0, 0.1) is 0 Å². The molecule has 19 heavy (non-hydrogen) atoms. The lowest BCUT2D eigenvalue weighted by atomic mass is 10.2. The monoisotopic (exact) mass is 273 g/mol. The van der Waals surface area contributed by atoms with Crippen LogP contribution in [0.2, 0.25) is 5.02 Å². The Morgan fingerprint density at radius 1 is 1.16 bits per heavy atom. The minimum absolute atomic E-state index is 0.176. The van der Waals surface area contributed by atoms with Gasteiger partial charge in [0.15, 0.2) is 11.5 Å². The SMILES string of the molecule is O=C1OC(c2ccco2)=N/C1=C/c1ccc(Cl)cc1. The van der Waals surface area contributed by atoms with Crippen molar-refractivity contribution in [2.45, 2.75) is 0 Å². The first-order chi connectivity index (χ1) is 9.22. The van der Waals surface area contributed by atoms with Crippen LogP contribution in [-0.4, -0.2) is 11.9 Å². The van der Waals surface area contributed by atoms with Crippen molar-refractivity contribution in [3.05, 3.63) is 64.7 Å². The zero-order valence-corrected chi connectivity index (χ0v) is 10.4. The lowest BCUT2D eigenvalue weighted by Crippen LogP contribution is -2.04. The van der Waals surface area contributed by atoms with E-state index in [0.717, 1.165) is 5.56 Å². The van der Waals surface area contributed by atoms with Gasteiger partial charge in [0, 0.05) is 5.02 Å². The first-order valence-electron chi connectivity index (χ1n) is 5.54. The quantitative estimate of drug-likeness (QED) is 0.623. The number of ether oxygens (including phenoxy) is 1. The Labute approximate surface area is 114 Å². The van der Waals surface area contributed by atoms with Gasteiger partial charge in [-0.05, 0) is 35.9 Å². The van der Waals surface area contributed by atoms with Crippen LogP contribution in [0.25, 0.3) is 6.08 Å². The second-order valence-corrected chi connectivity index (χ2v) is 4.30. The van der Waals surface area contributed by atoms with Crippen LogP contribution in [0.3, 0.4) is 0 Å². The van der Waals surface area contributed by atoms with Gasteiger partial charge in [-0.1, -0.05) is 23.7 Å². The number of halogens is 1. The summed E-state index contributed by atoms with van der Waals surface area (Å²) < 4.78 is 10.2. The fraction of sp³-hybridized carbons (Fsp3) is 0. The van der Waals surface area contributed by atoms with E-state index in [-0.39, 0.29) is 11.6 Å². The summed E-state index contributed by atoms with van der Waals surface area (Å²) in [5, 5.41) is 0.635. The molecule has 0 bridgehead atoms. The van der Waals surface area contributed by atoms with Crippen molar-refractivity contribution in [2.24, 2.45) is 4.99 Å². The Morgan fingerprint density at radius 3 is 2.63 bits per heavy atom. The number of esters is 1. The molecule has 4 nitrogen and oxygen atoms in total. The molecule has 0 spiro atoms. The highest BCUT2D eigenvalue weighted by molar-refractivity contribution is 6.30. The lowest BCUT2D eigenvalue weighted by molar-refractivity contribution is -0.130. The third-order valence-electron chi connectivity index (χ3n) is 2.53. The smallest absolute Gasteiger partial charge is 0.363 e. The molecule has 0 amide bonds. The zero-order chi connectivity index (χ0) is 13.2. The van der Waals surface area contributed by atoms with Crippen molar-refractivity contribution in [3.8, 4) is 0 Å². The number of carbonyl (C=O) groups is 1. The van der Waals surface area contributed by atoms with Crippen LogP contribution in [0.15, 0.2) is 57.8 Å². The van der Waals surface area contributed by atoms with Crippen molar-refractivity contribution in [3.63, 3.8) is 0 Å². The van der Waals surface area contributed by atoms with E-state index in [1.165, 1.54) is 6.26 Å². The van der Waals surface area contributed by atoms with Gasteiger partial charge in [-0.15, -0.1) is 0 Å². The zero-order valence-electron chi connectivity index (χ0n) is 9.67. The van der Waals surface area contributed by atoms with Gasteiger partial charge in [-0.25, -0.2) is 9.79 Å². The predicted octanol–water partition coefficient (Wildman–Crippen LogP) is 3.28. The number of benzene rings is 1. The number of furan rings is 1. The maximum atomic E-state index is 11.7. The Balaban J connectivity index is 1.92. The van der Waals surface area contributed by atoms with Gasteiger partial charge in [-0.2, -0.15) is 0 Å². The van der Waals surface area contributed by atoms with E-state index in [1.807, 2.05) is 0 Å². The number of nitrogens with zero attached hydrogens (tertiary/aromatic N) is 1. The van der Waals surface area contributed by atoms with Gasteiger partial charge in [0.1, 0.15) is 0 Å². The Bertz CT molecular complexity index is 669. The standard InChI is InChI=1S/C14H8ClNO3/c15-10-5-3-9(4-6-10)8-11-14(17)19-13(16-11)12-2-1-7-18-12/h1-8H/b11-8+. The summed E-state index contributed by atoms with van der Waals surface area (Å²) in [7, 11) is 0. The molecule has 0 unspecified atom stereocenters. The number of hydrogen-bond acceptors (Lipinski definition) is 4. The van der Waals surface area contributed by atoms with Crippen LogP contribution in [0.5, 0.6) is 0 Å². The topological polar surface area (TPSA) is 51.8 Å². The molecule has 1 aliphatic rings. The molecular weight excluding hydrogens is 266 g/mol. The summed E-state index contributed by atoms with van der Waals surface area (Å²) in [4.78, 5) is 15.8. The molecule has 0 fully saturated rings. The maximum Gasteiger partial charge on any atom is 0.363 e. The molecule has 0 radical (unpaired) electrons. The minimum Gasteiger partial charge on any atom is -0.459 e. The molecule has 1 aromatic carbocycles. The van der Waals surface area contributed by atoms with E-state index in [9.17, 15) is 4.79 Å². The van der Waals surface area contributed by atoms with Gasteiger partial charge in [0.25, 0.3) is 5.90 Å². The van der Waals surface area contributed by atoms with Crippen molar-refractivity contribution in [1.29, 1.82) is 0 Å². The Kier molecular flexibility index (Phi) is 2.93. The van der Waals surface area contributed by atoms with E-state index in [4.69, 9.17) is 20.8 Å². The average Bonchev–Trinajstić information content (AvgIpc) is 3.03. The number of carbonyl (C=O) groups excluding carboxylic acids is 1. The third kappa shape index (κ3) is 2.44. The number of aliphatic imine (C=N–C) groups is 1. The molecule has 0 N–H and O–H groups in total. The van der Waals surface area contributed by atoms with Gasteiger partial charge < -0.3 is 9.15 Å². The van der Waals surface area contributed by atoms with Crippen LogP contribution >= 0.6 is 11.6 Å². The van der Waals surface area contributed by atoms with Crippen LogP contribution in [0.4, 0.5) is 0 Å². The first kappa shape index (κ1) is 11.7. The molecule has 1 aromatic heterocycles. The average molecular weight is 274 g/mol. The molecule has 1 aliphatic heterocycles. The second kappa shape index (κ2) is 4.74. The highest BCUT2D eigenvalue weighted by Crippen LogP contribution is 2.20. The molecule has 2 heterocycles. The minimum atomic E-state index is -0.499. The van der Waals surface area contributed by atoms with Crippen molar-refractivity contribution in [1.82, 2.24) is 0 Å². The van der Waals surface area contributed by atoms with Crippen molar-refractivity contribution >= 4 is 29.5 Å². The lowest BCUT2D eigenvalue weighted by Gasteiger charge is -1.94. The normalized spacial score (nSPS) is 16.6. The highest BCUT2D eigenvalue weighted by Gasteiger charge is 2.25. The van der Waals surface area contributed by atoms with Gasteiger partial charge in [0.05, 0.1) is 6.26 Å². The molecular formula is C14H8ClNO3. The van der Waals surface area contributed by atoms with Crippen LogP contribution < -0.4 is 0 Å². The van der Waals surface area contributed by atoms with E-state index < -0.39 is 5.97 Å². The summed E-state index contributed by atoms with van der Waals surface area (Å²) in [6.45, 7) is 0. The molecule has 2 aromatic rings. The van der Waals surface area contributed by atoms with E-state index in [1.54, 1.807) is 42.5 Å². The van der Waals surface area contributed by atoms with Gasteiger partial charge in [-0.3, -0.25) is 0 Å². The highest BCUT2D eigenvalue weighted by atomic mass is 35.5. The van der Waals surface area contributed by atoms with Crippen LogP contribution in [-0.2, 0) is 9.53 Å². The number of hydrogen-bond donors (Lipinski definition) is 0. The van der Waals surface area contributed by atoms with Crippen molar-refractivity contribution < 1.29 is 13.9 Å². The largest absolute Gasteiger partial charge is 0.459 e. The molecule has 0 saturated heterocycles. The molecule has 94 valence electrons. The second-order valence-electron chi connectivity index (χ2n) is 3.86. The van der Waals surface area contributed by atoms with Gasteiger partial charge >= 0.3 is 5.97 Å². The summed E-state index contributed by atoms with van der Waals surface area (Å²) in [6.07, 6.45) is 3.13. The van der Waals surface area contributed by atoms with Crippen molar-refractivity contribution in [2.75, 3.05) is 0 Å². The maximum absolute atomic E-state index is 11.7. The summed E-state index contributed by atoms with van der Waals surface area (Å²) >= 11 is 5.80. The van der Waals surface area contributed by atoms with E-state index in [2.05, 4.69) is 4.99 Å². The third-order valence-corrected chi connectivity index (χ3v) is 2.78. The van der Waals surface area contributed by atoms with E-state index in [0.29, 0.717) is 10.8 Å². The molecule has 5 heteroatoms. The van der Waals surface area contributed by atoms with E-state index >= 15 is 0 Å². The predicted molar refractivity (Wildman–Crippen MR) is 70.8 cm³/mol. The fourth-order valence-corrected chi connectivity index (χ4v) is 1.76. The summed E-state index contributed by atoms with van der Waals surface area (Å²) in [5.74, 6) is 0.101. The van der Waals surface area contributed by atoms with Crippen LogP contribution in [0.1, 0.15) is 11.3 Å². The Hall–Kier alpha value is -2.33. The molecule has 0 aliphatic carbocycles. The molecule has 0 atom stereocenters.